The van der Waals surface area contributed by atoms with Gasteiger partial charge in [0, 0.05) is 21.7 Å². The van der Waals surface area contributed by atoms with Gasteiger partial charge in [0.2, 0.25) is 0 Å². The summed E-state index contributed by atoms with van der Waals surface area (Å²) in [6.45, 7) is 1.20. The molecule has 0 bridgehead atoms. The Bertz CT molecular complexity index is 71.6. The summed E-state index contributed by atoms with van der Waals surface area (Å²) in [7, 11) is 0. The number of aliphatic hydroxyl groups is 1. The van der Waals surface area contributed by atoms with Crippen molar-refractivity contribution in [2.45, 2.75) is 13.0 Å². The molecule has 0 aromatic carbocycles. The van der Waals surface area contributed by atoms with E-state index < -0.39 is 12.1 Å². The average Bonchev–Trinajstić information content (AvgIpc) is 1.36. The van der Waals surface area contributed by atoms with Crippen molar-refractivity contribution in [3.05, 3.63) is 0 Å². The first kappa shape index (κ1) is 39.6. The third-order valence-corrected chi connectivity index (χ3v) is 0.357. The SMILES string of the molecule is CC(O)C(=O)O.Cl.Cl.Cl.Cl.[Ti]. The second-order valence-electron chi connectivity index (χ2n) is 1.01. The molecule has 0 fully saturated rings. The van der Waals surface area contributed by atoms with Crippen LogP contribution in [0.5, 0.6) is 0 Å². The Hall–Kier alpha value is 1.30. The van der Waals surface area contributed by atoms with Gasteiger partial charge in [0.05, 0.1) is 0 Å². The second-order valence-corrected chi connectivity index (χ2v) is 1.01. The van der Waals surface area contributed by atoms with E-state index in [0.29, 0.717) is 0 Å². The predicted molar refractivity (Wildman–Crippen MR) is 48.3 cm³/mol. The van der Waals surface area contributed by atoms with E-state index in [1.54, 1.807) is 0 Å². The Morgan fingerprint density at radius 3 is 1.27 bits per heavy atom. The molecule has 11 heavy (non-hydrogen) atoms. The van der Waals surface area contributed by atoms with Crippen molar-refractivity contribution in [2.75, 3.05) is 0 Å². The van der Waals surface area contributed by atoms with Crippen LogP contribution in [0.15, 0.2) is 0 Å². The van der Waals surface area contributed by atoms with Gasteiger partial charge in [0.25, 0.3) is 0 Å². The summed E-state index contributed by atoms with van der Waals surface area (Å²) in [6, 6.07) is 0. The van der Waals surface area contributed by atoms with Crippen LogP contribution in [-0.2, 0) is 26.5 Å². The van der Waals surface area contributed by atoms with E-state index in [4.69, 9.17) is 10.2 Å². The van der Waals surface area contributed by atoms with Gasteiger partial charge in [-0.15, -0.1) is 49.6 Å². The summed E-state index contributed by atoms with van der Waals surface area (Å²) in [4.78, 5) is 9.45. The van der Waals surface area contributed by atoms with Gasteiger partial charge in [-0.3, -0.25) is 0 Å². The number of aliphatic hydroxyl groups excluding tert-OH is 1. The molecule has 0 rings (SSSR count). The molecule has 0 aliphatic heterocycles. The minimum absolute atomic E-state index is 0. The standard InChI is InChI=1S/C3H6O3.4ClH.Ti/c1-2(4)3(5)6;;;;;/h2,4H,1H3,(H,5,6);4*1H;. The van der Waals surface area contributed by atoms with Crippen LogP contribution >= 0.6 is 49.6 Å². The summed E-state index contributed by atoms with van der Waals surface area (Å²) < 4.78 is 0. The van der Waals surface area contributed by atoms with Crippen LogP contribution in [0.3, 0.4) is 0 Å². The van der Waals surface area contributed by atoms with Crippen molar-refractivity contribution in [1.29, 1.82) is 0 Å². The zero-order valence-electron chi connectivity index (χ0n) is 5.51. The largest absolute Gasteiger partial charge is 0.479 e. The zero-order chi connectivity index (χ0) is 5.15. The van der Waals surface area contributed by atoms with Gasteiger partial charge in [-0.25, -0.2) is 4.79 Å². The molecule has 0 heterocycles. The van der Waals surface area contributed by atoms with Crippen molar-refractivity contribution >= 4 is 55.6 Å². The zero-order valence-corrected chi connectivity index (χ0v) is 10.3. The average molecular weight is 284 g/mol. The molecule has 0 saturated carbocycles. The minimum Gasteiger partial charge on any atom is -0.479 e. The molecule has 72 valence electrons. The van der Waals surface area contributed by atoms with Crippen LogP contribution < -0.4 is 0 Å². The molecule has 2 N–H and O–H groups in total. The number of carboxylic acid groups (broad SMARTS) is 1. The van der Waals surface area contributed by atoms with Crippen molar-refractivity contribution in [2.24, 2.45) is 0 Å². The molecule has 0 amide bonds. The van der Waals surface area contributed by atoms with E-state index in [-0.39, 0.29) is 71.3 Å². The molecular formula is C3H10Cl4O3Ti. The van der Waals surface area contributed by atoms with E-state index in [9.17, 15) is 4.79 Å². The molecule has 0 saturated heterocycles. The van der Waals surface area contributed by atoms with Crippen LogP contribution in [0.1, 0.15) is 6.92 Å². The Balaban J connectivity index is -0.0000000125. The van der Waals surface area contributed by atoms with Crippen LogP contribution in [0.2, 0.25) is 0 Å². The van der Waals surface area contributed by atoms with Gasteiger partial charge in [-0.2, -0.15) is 0 Å². The fourth-order valence-electron chi connectivity index (χ4n) is 0. The van der Waals surface area contributed by atoms with Gasteiger partial charge >= 0.3 is 5.97 Å². The molecule has 1 atom stereocenters. The summed E-state index contributed by atoms with van der Waals surface area (Å²) in [5, 5.41) is 15.8. The number of carboxylic acids is 1. The molecule has 8 heteroatoms. The maximum Gasteiger partial charge on any atom is 0.332 e. The van der Waals surface area contributed by atoms with Gasteiger partial charge in [0.1, 0.15) is 6.10 Å². The summed E-state index contributed by atoms with van der Waals surface area (Å²) in [5.74, 6) is -1.19. The van der Waals surface area contributed by atoms with Crippen LogP contribution in [0.4, 0.5) is 0 Å². The van der Waals surface area contributed by atoms with Crippen LogP contribution in [-0.4, -0.2) is 22.3 Å². The summed E-state index contributed by atoms with van der Waals surface area (Å²) >= 11 is 0. The van der Waals surface area contributed by atoms with Gasteiger partial charge < -0.3 is 10.2 Å². The summed E-state index contributed by atoms with van der Waals surface area (Å²) in [5.41, 5.74) is 0. The van der Waals surface area contributed by atoms with Crippen molar-refractivity contribution in [3.63, 3.8) is 0 Å². The number of rotatable bonds is 1. The van der Waals surface area contributed by atoms with Crippen LogP contribution in [0.25, 0.3) is 0 Å². The van der Waals surface area contributed by atoms with Crippen molar-refractivity contribution in [1.82, 2.24) is 0 Å². The smallest absolute Gasteiger partial charge is 0.332 e. The number of aliphatic carboxylic acids is 1. The fraction of sp³-hybridized carbons (Fsp3) is 0.667. The maximum atomic E-state index is 9.45. The van der Waals surface area contributed by atoms with Crippen LogP contribution in [0, 0.1) is 0 Å². The Labute approximate surface area is 105 Å². The first-order chi connectivity index (χ1) is 2.64. The van der Waals surface area contributed by atoms with E-state index >= 15 is 0 Å². The topological polar surface area (TPSA) is 57.5 Å². The third kappa shape index (κ3) is 34.8. The van der Waals surface area contributed by atoms with Gasteiger partial charge in [-0.1, -0.05) is 0 Å². The van der Waals surface area contributed by atoms with Crippen molar-refractivity contribution in [3.8, 4) is 0 Å². The summed E-state index contributed by atoms with van der Waals surface area (Å²) in [6.07, 6.45) is -1.23. The van der Waals surface area contributed by atoms with Gasteiger partial charge in [-0.05, 0) is 6.92 Å². The molecule has 3 nitrogen and oxygen atoms in total. The second kappa shape index (κ2) is 22.5. The Kier molecular flexibility index (Phi) is 80.9. The normalized spacial score (nSPS) is 7.45. The van der Waals surface area contributed by atoms with E-state index in [2.05, 4.69) is 0 Å². The quantitative estimate of drug-likeness (QED) is 0.710. The van der Waals surface area contributed by atoms with E-state index in [0.717, 1.165) is 0 Å². The number of carbonyl (C=O) groups is 1. The molecule has 0 radical (unpaired) electrons. The fourth-order valence-corrected chi connectivity index (χ4v) is 0. The minimum atomic E-state index is -1.23. The predicted octanol–water partition coefficient (Wildman–Crippen LogP) is 1.14. The molecule has 0 aromatic heterocycles. The monoisotopic (exact) mass is 282 g/mol. The maximum absolute atomic E-state index is 9.45. The first-order valence-electron chi connectivity index (χ1n) is 1.55. The molecular weight excluding hydrogens is 274 g/mol. The van der Waals surface area contributed by atoms with E-state index in [1.165, 1.54) is 6.92 Å². The Morgan fingerprint density at radius 2 is 1.27 bits per heavy atom. The Morgan fingerprint density at radius 1 is 1.18 bits per heavy atom. The molecule has 0 aliphatic carbocycles. The number of halogens is 4. The third-order valence-electron chi connectivity index (χ3n) is 0.357. The number of hydrogen-bond acceptors (Lipinski definition) is 2. The van der Waals surface area contributed by atoms with Crippen molar-refractivity contribution < 1.29 is 36.7 Å². The van der Waals surface area contributed by atoms with E-state index in [1.807, 2.05) is 0 Å². The molecule has 1 unspecified atom stereocenters. The first-order valence-corrected chi connectivity index (χ1v) is 1.55. The molecule has 0 aromatic rings. The molecule has 0 aliphatic rings. The number of hydrogen-bond donors (Lipinski definition) is 2. The molecule has 0 spiro atoms. The van der Waals surface area contributed by atoms with Gasteiger partial charge in [0.15, 0.2) is 0 Å².